The highest BCUT2D eigenvalue weighted by molar-refractivity contribution is 5.78. The highest BCUT2D eigenvalue weighted by atomic mass is 16.2. The second-order valence-electron chi connectivity index (χ2n) is 4.07. The molecular weight excluding hydrogens is 176 g/mol. The van der Waals surface area contributed by atoms with Crippen molar-refractivity contribution in [2.24, 2.45) is 17.6 Å². The molecule has 1 atom stereocenters. The van der Waals surface area contributed by atoms with Gasteiger partial charge in [-0.15, -0.1) is 6.58 Å². The van der Waals surface area contributed by atoms with Crippen LogP contribution < -0.4 is 5.73 Å². The first kappa shape index (κ1) is 13.2. The summed E-state index contributed by atoms with van der Waals surface area (Å²) in [4.78, 5) is 13.5. The van der Waals surface area contributed by atoms with E-state index in [0.717, 1.165) is 6.42 Å². The average Bonchev–Trinajstić information content (AvgIpc) is 2.13. The van der Waals surface area contributed by atoms with Crippen LogP contribution in [0.5, 0.6) is 0 Å². The highest BCUT2D eigenvalue weighted by Gasteiger charge is 2.20. The van der Waals surface area contributed by atoms with Crippen molar-refractivity contribution in [1.29, 1.82) is 0 Å². The summed E-state index contributed by atoms with van der Waals surface area (Å²) >= 11 is 0. The summed E-state index contributed by atoms with van der Waals surface area (Å²) in [5.74, 6) is 0.589. The van der Waals surface area contributed by atoms with Crippen LogP contribution in [0.1, 0.15) is 20.3 Å². The van der Waals surface area contributed by atoms with Crippen LogP contribution in [0.3, 0.4) is 0 Å². The molecule has 0 aliphatic heterocycles. The molecule has 0 bridgehead atoms. The number of hydrogen-bond acceptors (Lipinski definition) is 2. The van der Waals surface area contributed by atoms with Crippen molar-refractivity contribution in [3.8, 4) is 0 Å². The van der Waals surface area contributed by atoms with Gasteiger partial charge in [-0.3, -0.25) is 4.79 Å². The number of hydrogen-bond donors (Lipinski definition) is 1. The Kier molecular flexibility index (Phi) is 6.21. The predicted molar refractivity (Wildman–Crippen MR) is 59.8 cm³/mol. The van der Waals surface area contributed by atoms with Crippen LogP contribution in [0.2, 0.25) is 0 Å². The second-order valence-corrected chi connectivity index (χ2v) is 4.07. The Labute approximate surface area is 87.0 Å². The summed E-state index contributed by atoms with van der Waals surface area (Å²) in [5, 5.41) is 0. The summed E-state index contributed by atoms with van der Waals surface area (Å²) in [7, 11) is 1.78. The lowest BCUT2D eigenvalue weighted by atomic mass is 9.96. The van der Waals surface area contributed by atoms with E-state index in [1.807, 2.05) is 0 Å². The third-order valence-electron chi connectivity index (χ3n) is 2.17. The summed E-state index contributed by atoms with van der Waals surface area (Å²) in [6, 6.07) is 0. The molecule has 82 valence electrons. The molecule has 14 heavy (non-hydrogen) atoms. The van der Waals surface area contributed by atoms with Gasteiger partial charge in [0, 0.05) is 20.1 Å². The van der Waals surface area contributed by atoms with Crippen molar-refractivity contribution in [2.45, 2.75) is 20.3 Å². The maximum atomic E-state index is 11.8. The van der Waals surface area contributed by atoms with E-state index in [9.17, 15) is 4.79 Å². The minimum absolute atomic E-state index is 0.0417. The van der Waals surface area contributed by atoms with Crippen molar-refractivity contribution in [2.75, 3.05) is 20.1 Å². The Morgan fingerprint density at radius 3 is 2.50 bits per heavy atom. The van der Waals surface area contributed by atoms with Gasteiger partial charge in [0.25, 0.3) is 0 Å². The monoisotopic (exact) mass is 198 g/mol. The lowest BCUT2D eigenvalue weighted by Gasteiger charge is -2.22. The van der Waals surface area contributed by atoms with E-state index >= 15 is 0 Å². The molecule has 0 aromatic heterocycles. The smallest absolute Gasteiger partial charge is 0.226 e. The molecule has 0 aliphatic carbocycles. The van der Waals surface area contributed by atoms with E-state index in [4.69, 9.17) is 5.73 Å². The van der Waals surface area contributed by atoms with E-state index < -0.39 is 0 Å². The third kappa shape index (κ3) is 4.42. The fourth-order valence-corrected chi connectivity index (χ4v) is 1.46. The molecule has 0 aliphatic rings. The Balaban J connectivity index is 4.22. The SMILES string of the molecule is C=CCN(C)C(=O)C(CN)CC(C)C. The first-order valence-electron chi connectivity index (χ1n) is 5.08. The summed E-state index contributed by atoms with van der Waals surface area (Å²) in [6.45, 7) is 8.83. The van der Waals surface area contributed by atoms with Gasteiger partial charge in [-0.1, -0.05) is 19.9 Å². The quantitative estimate of drug-likeness (QED) is 0.653. The number of likely N-dealkylation sites (N-methyl/N-ethyl adjacent to an activating group) is 1. The second kappa shape index (κ2) is 6.60. The van der Waals surface area contributed by atoms with Crippen LogP contribution in [0.15, 0.2) is 12.7 Å². The summed E-state index contributed by atoms with van der Waals surface area (Å²) < 4.78 is 0. The minimum atomic E-state index is -0.0417. The number of rotatable bonds is 6. The van der Waals surface area contributed by atoms with Gasteiger partial charge in [-0.05, 0) is 12.3 Å². The van der Waals surface area contributed by atoms with Gasteiger partial charge in [-0.2, -0.15) is 0 Å². The van der Waals surface area contributed by atoms with Gasteiger partial charge >= 0.3 is 0 Å². The van der Waals surface area contributed by atoms with Crippen LogP contribution in [0, 0.1) is 11.8 Å². The van der Waals surface area contributed by atoms with Gasteiger partial charge in [0.2, 0.25) is 5.91 Å². The molecule has 1 amide bonds. The Morgan fingerprint density at radius 1 is 1.57 bits per heavy atom. The Hall–Kier alpha value is -0.830. The van der Waals surface area contributed by atoms with Crippen molar-refractivity contribution < 1.29 is 4.79 Å². The molecule has 0 rings (SSSR count). The predicted octanol–water partition coefficient (Wildman–Crippen LogP) is 1.25. The fraction of sp³-hybridized carbons (Fsp3) is 0.727. The standard InChI is InChI=1S/C11H22N2O/c1-5-6-13(4)11(14)10(8-12)7-9(2)3/h5,9-10H,1,6-8,12H2,2-4H3. The van der Waals surface area contributed by atoms with Crippen molar-refractivity contribution in [3.05, 3.63) is 12.7 Å². The van der Waals surface area contributed by atoms with Gasteiger partial charge in [-0.25, -0.2) is 0 Å². The van der Waals surface area contributed by atoms with Crippen LogP contribution in [-0.4, -0.2) is 30.9 Å². The fourth-order valence-electron chi connectivity index (χ4n) is 1.46. The van der Waals surface area contributed by atoms with E-state index in [-0.39, 0.29) is 11.8 Å². The molecular formula is C11H22N2O. The molecule has 0 saturated heterocycles. The van der Waals surface area contributed by atoms with Crippen molar-refractivity contribution in [1.82, 2.24) is 4.90 Å². The Morgan fingerprint density at radius 2 is 2.14 bits per heavy atom. The molecule has 0 heterocycles. The number of carbonyl (C=O) groups is 1. The van der Waals surface area contributed by atoms with Gasteiger partial charge in [0.1, 0.15) is 0 Å². The van der Waals surface area contributed by atoms with Crippen LogP contribution in [-0.2, 0) is 4.79 Å². The normalized spacial score (nSPS) is 12.6. The van der Waals surface area contributed by atoms with Crippen molar-refractivity contribution in [3.63, 3.8) is 0 Å². The topological polar surface area (TPSA) is 46.3 Å². The summed E-state index contributed by atoms with van der Waals surface area (Å²) in [5.41, 5.74) is 5.58. The number of nitrogens with two attached hydrogens (primary N) is 1. The highest BCUT2D eigenvalue weighted by Crippen LogP contribution is 2.12. The van der Waals surface area contributed by atoms with E-state index in [0.29, 0.717) is 19.0 Å². The van der Waals surface area contributed by atoms with Crippen LogP contribution in [0.25, 0.3) is 0 Å². The van der Waals surface area contributed by atoms with Crippen LogP contribution in [0.4, 0.5) is 0 Å². The largest absolute Gasteiger partial charge is 0.342 e. The number of nitrogens with zero attached hydrogens (tertiary/aromatic N) is 1. The number of amides is 1. The first-order valence-corrected chi connectivity index (χ1v) is 5.08. The van der Waals surface area contributed by atoms with E-state index in [2.05, 4.69) is 20.4 Å². The first-order chi connectivity index (χ1) is 6.52. The minimum Gasteiger partial charge on any atom is -0.342 e. The molecule has 0 aromatic rings. The maximum absolute atomic E-state index is 11.8. The molecule has 0 saturated carbocycles. The molecule has 0 fully saturated rings. The molecule has 3 heteroatoms. The molecule has 3 nitrogen and oxygen atoms in total. The molecule has 1 unspecified atom stereocenters. The molecule has 0 spiro atoms. The van der Waals surface area contributed by atoms with Crippen molar-refractivity contribution >= 4 is 5.91 Å². The van der Waals surface area contributed by atoms with E-state index in [1.165, 1.54) is 0 Å². The maximum Gasteiger partial charge on any atom is 0.226 e. The van der Waals surface area contributed by atoms with Gasteiger partial charge in [0.15, 0.2) is 0 Å². The zero-order valence-corrected chi connectivity index (χ0v) is 9.49. The molecule has 0 aromatic carbocycles. The van der Waals surface area contributed by atoms with E-state index in [1.54, 1.807) is 18.0 Å². The Bertz CT molecular complexity index is 190. The third-order valence-corrected chi connectivity index (χ3v) is 2.17. The lowest BCUT2D eigenvalue weighted by Crippen LogP contribution is -2.37. The molecule has 0 radical (unpaired) electrons. The summed E-state index contributed by atoms with van der Waals surface area (Å²) in [6.07, 6.45) is 2.58. The average molecular weight is 198 g/mol. The zero-order chi connectivity index (χ0) is 11.1. The van der Waals surface area contributed by atoms with Crippen LogP contribution >= 0.6 is 0 Å². The zero-order valence-electron chi connectivity index (χ0n) is 9.49. The number of carbonyl (C=O) groups excluding carboxylic acids is 1. The lowest BCUT2D eigenvalue weighted by molar-refractivity contribution is -0.133. The van der Waals surface area contributed by atoms with Gasteiger partial charge in [0.05, 0.1) is 5.92 Å². The van der Waals surface area contributed by atoms with Gasteiger partial charge < -0.3 is 10.6 Å². The molecule has 2 N–H and O–H groups in total.